The summed E-state index contributed by atoms with van der Waals surface area (Å²) in [5.41, 5.74) is 0.903. The van der Waals surface area contributed by atoms with Crippen LogP contribution >= 0.6 is 0 Å². The van der Waals surface area contributed by atoms with E-state index in [0.717, 1.165) is 24.4 Å². The second-order valence-electron chi connectivity index (χ2n) is 7.60. The topological polar surface area (TPSA) is 50.8 Å². The smallest absolute Gasteiger partial charge is 0.243 e. The third kappa shape index (κ3) is 7.63. The molecule has 1 aliphatic rings. The molecule has 1 amide bonds. The van der Waals surface area contributed by atoms with Gasteiger partial charge in [-0.05, 0) is 75.9 Å². The van der Waals surface area contributed by atoms with Crippen LogP contribution in [0.4, 0.5) is 0 Å². The van der Waals surface area contributed by atoms with Gasteiger partial charge < -0.3 is 19.7 Å². The highest BCUT2D eigenvalue weighted by Crippen LogP contribution is 2.29. The van der Waals surface area contributed by atoms with Crippen LogP contribution in [0.15, 0.2) is 24.3 Å². The molecule has 0 bridgehead atoms. The van der Waals surface area contributed by atoms with Crippen molar-refractivity contribution < 1.29 is 14.3 Å². The molecular formula is C22H34N2O3. The van der Waals surface area contributed by atoms with Crippen molar-refractivity contribution in [1.29, 1.82) is 0 Å². The normalized spacial score (nSPS) is 18.0. The predicted molar refractivity (Wildman–Crippen MR) is 110 cm³/mol. The van der Waals surface area contributed by atoms with Crippen molar-refractivity contribution in [1.82, 2.24) is 10.2 Å². The van der Waals surface area contributed by atoms with Crippen LogP contribution in [0.2, 0.25) is 0 Å². The van der Waals surface area contributed by atoms with Crippen LogP contribution in [0.1, 0.15) is 45.6 Å². The Morgan fingerprint density at radius 2 is 2.19 bits per heavy atom. The Bertz CT molecular complexity index is 628. The Balaban J connectivity index is 1.75. The standard InChI is InChI=1S/C22H34N2O3/c1-17(2)27-20-10-8-19(15-21(20)26-4)9-11-22(25)23-12-6-14-24-13-5-7-18(3)16-24/h8-11,15,17-18H,5-7,12-14,16H2,1-4H3,(H,23,25). The number of nitrogens with one attached hydrogen (secondary N) is 1. The zero-order valence-electron chi connectivity index (χ0n) is 17.2. The molecule has 1 aromatic rings. The third-order valence-electron chi connectivity index (χ3n) is 4.67. The lowest BCUT2D eigenvalue weighted by atomic mass is 10.0. The SMILES string of the molecule is COc1cc(C=CC(=O)NCCCN2CCCC(C)C2)ccc1OC(C)C. The van der Waals surface area contributed by atoms with E-state index in [9.17, 15) is 4.79 Å². The van der Waals surface area contributed by atoms with Crippen LogP contribution in [0.25, 0.3) is 6.08 Å². The molecule has 0 spiro atoms. The van der Waals surface area contributed by atoms with Crippen LogP contribution in [0, 0.1) is 5.92 Å². The van der Waals surface area contributed by atoms with Gasteiger partial charge in [-0.25, -0.2) is 0 Å². The molecule has 1 atom stereocenters. The summed E-state index contributed by atoms with van der Waals surface area (Å²) in [6.45, 7) is 10.4. The van der Waals surface area contributed by atoms with Crippen molar-refractivity contribution in [2.45, 2.75) is 46.1 Å². The van der Waals surface area contributed by atoms with E-state index in [-0.39, 0.29) is 12.0 Å². The molecule has 1 aliphatic heterocycles. The minimum absolute atomic E-state index is 0.0662. The fourth-order valence-corrected chi connectivity index (χ4v) is 3.37. The summed E-state index contributed by atoms with van der Waals surface area (Å²) >= 11 is 0. The molecule has 1 unspecified atom stereocenters. The Morgan fingerprint density at radius 3 is 2.89 bits per heavy atom. The number of carbonyl (C=O) groups is 1. The number of nitrogens with zero attached hydrogens (tertiary/aromatic N) is 1. The van der Waals surface area contributed by atoms with Gasteiger partial charge in [-0.15, -0.1) is 0 Å². The number of rotatable bonds is 9. The lowest BCUT2D eigenvalue weighted by molar-refractivity contribution is -0.116. The first kappa shape index (κ1) is 21.3. The van der Waals surface area contributed by atoms with E-state index >= 15 is 0 Å². The van der Waals surface area contributed by atoms with Gasteiger partial charge in [-0.3, -0.25) is 4.79 Å². The summed E-state index contributed by atoms with van der Waals surface area (Å²) in [6.07, 6.45) is 7.07. The summed E-state index contributed by atoms with van der Waals surface area (Å²) in [7, 11) is 1.62. The quantitative estimate of drug-likeness (QED) is 0.528. The molecule has 1 saturated heterocycles. The van der Waals surface area contributed by atoms with Gasteiger partial charge in [0.05, 0.1) is 13.2 Å². The van der Waals surface area contributed by atoms with E-state index in [0.29, 0.717) is 18.0 Å². The molecule has 1 aromatic carbocycles. The highest BCUT2D eigenvalue weighted by atomic mass is 16.5. The van der Waals surface area contributed by atoms with Gasteiger partial charge in [0.15, 0.2) is 11.5 Å². The number of hydrogen-bond donors (Lipinski definition) is 1. The number of methoxy groups -OCH3 is 1. The molecule has 1 N–H and O–H groups in total. The molecule has 0 aromatic heterocycles. The Kier molecular flexibility index (Phi) is 8.65. The maximum absolute atomic E-state index is 12.0. The minimum Gasteiger partial charge on any atom is -0.493 e. The molecule has 27 heavy (non-hydrogen) atoms. The van der Waals surface area contributed by atoms with Crippen molar-refractivity contribution in [3.63, 3.8) is 0 Å². The second-order valence-corrected chi connectivity index (χ2v) is 7.60. The molecule has 1 fully saturated rings. The van der Waals surface area contributed by atoms with E-state index < -0.39 is 0 Å². The van der Waals surface area contributed by atoms with Gasteiger partial charge in [0.1, 0.15) is 0 Å². The number of benzene rings is 1. The van der Waals surface area contributed by atoms with Crippen molar-refractivity contribution in [2.75, 3.05) is 33.3 Å². The number of ether oxygens (including phenoxy) is 2. The zero-order chi connectivity index (χ0) is 19.6. The minimum atomic E-state index is -0.0662. The predicted octanol–water partition coefficient (Wildman–Crippen LogP) is 3.73. The molecule has 5 heteroatoms. The summed E-state index contributed by atoms with van der Waals surface area (Å²) in [5.74, 6) is 2.11. The molecule has 5 nitrogen and oxygen atoms in total. The molecule has 0 radical (unpaired) electrons. The van der Waals surface area contributed by atoms with Crippen LogP contribution in [-0.4, -0.2) is 50.2 Å². The van der Waals surface area contributed by atoms with E-state index in [2.05, 4.69) is 17.1 Å². The number of hydrogen-bond acceptors (Lipinski definition) is 4. The molecule has 0 aliphatic carbocycles. The monoisotopic (exact) mass is 374 g/mol. The maximum atomic E-state index is 12.0. The van der Waals surface area contributed by atoms with Gasteiger partial charge >= 0.3 is 0 Å². The largest absolute Gasteiger partial charge is 0.493 e. The lowest BCUT2D eigenvalue weighted by Crippen LogP contribution is -2.36. The summed E-state index contributed by atoms with van der Waals surface area (Å²) in [4.78, 5) is 14.5. The maximum Gasteiger partial charge on any atom is 0.243 e. The number of amides is 1. The van der Waals surface area contributed by atoms with Crippen molar-refractivity contribution in [3.8, 4) is 11.5 Å². The van der Waals surface area contributed by atoms with E-state index in [1.54, 1.807) is 19.3 Å². The Morgan fingerprint density at radius 1 is 1.37 bits per heavy atom. The van der Waals surface area contributed by atoms with E-state index in [1.165, 1.54) is 25.9 Å². The van der Waals surface area contributed by atoms with Gasteiger partial charge in [-0.1, -0.05) is 13.0 Å². The highest BCUT2D eigenvalue weighted by Gasteiger charge is 2.15. The van der Waals surface area contributed by atoms with Crippen LogP contribution < -0.4 is 14.8 Å². The molecule has 2 rings (SSSR count). The molecule has 150 valence electrons. The summed E-state index contributed by atoms with van der Waals surface area (Å²) in [5, 5.41) is 2.96. The average Bonchev–Trinajstić information content (AvgIpc) is 2.64. The summed E-state index contributed by atoms with van der Waals surface area (Å²) < 4.78 is 11.1. The van der Waals surface area contributed by atoms with Gasteiger partial charge in [0, 0.05) is 19.2 Å². The first-order chi connectivity index (χ1) is 13.0. The van der Waals surface area contributed by atoms with Gasteiger partial charge in [-0.2, -0.15) is 0 Å². The van der Waals surface area contributed by atoms with Gasteiger partial charge in [0.2, 0.25) is 5.91 Å². The van der Waals surface area contributed by atoms with E-state index in [4.69, 9.17) is 9.47 Å². The number of likely N-dealkylation sites (tertiary alicyclic amines) is 1. The number of carbonyl (C=O) groups excluding carboxylic acids is 1. The summed E-state index contributed by atoms with van der Waals surface area (Å²) in [6, 6.07) is 5.66. The van der Waals surface area contributed by atoms with Crippen molar-refractivity contribution in [3.05, 3.63) is 29.8 Å². The third-order valence-corrected chi connectivity index (χ3v) is 4.67. The highest BCUT2D eigenvalue weighted by molar-refractivity contribution is 5.91. The zero-order valence-corrected chi connectivity index (χ0v) is 17.2. The first-order valence-corrected chi connectivity index (χ1v) is 10.0. The average molecular weight is 375 g/mol. The Hall–Kier alpha value is -2.01. The van der Waals surface area contributed by atoms with Crippen LogP contribution in [-0.2, 0) is 4.79 Å². The fraction of sp³-hybridized carbons (Fsp3) is 0.591. The fourth-order valence-electron chi connectivity index (χ4n) is 3.37. The molecule has 0 saturated carbocycles. The van der Waals surface area contributed by atoms with Gasteiger partial charge in [0.25, 0.3) is 0 Å². The molecule has 1 heterocycles. The number of piperidine rings is 1. The van der Waals surface area contributed by atoms with Crippen molar-refractivity contribution in [2.24, 2.45) is 5.92 Å². The van der Waals surface area contributed by atoms with Crippen LogP contribution in [0.5, 0.6) is 11.5 Å². The lowest BCUT2D eigenvalue weighted by Gasteiger charge is -2.30. The van der Waals surface area contributed by atoms with E-state index in [1.807, 2.05) is 32.0 Å². The van der Waals surface area contributed by atoms with Crippen molar-refractivity contribution >= 4 is 12.0 Å². The molecular weight excluding hydrogens is 340 g/mol. The first-order valence-electron chi connectivity index (χ1n) is 10.0. The second kappa shape index (κ2) is 11.0. The van der Waals surface area contributed by atoms with Crippen LogP contribution in [0.3, 0.4) is 0 Å². The Labute approximate surface area is 163 Å².